The molecule has 2 rings (SSSR count). The van der Waals surface area contributed by atoms with Crippen LogP contribution in [0.15, 0.2) is 0 Å². The third-order valence-electron chi connectivity index (χ3n) is 3.91. The van der Waals surface area contributed by atoms with Gasteiger partial charge in [-0.2, -0.15) is 0 Å². The Balaban J connectivity index is 2.11. The second-order valence-corrected chi connectivity index (χ2v) is 6.90. The summed E-state index contributed by atoms with van der Waals surface area (Å²) in [7, 11) is 0. The van der Waals surface area contributed by atoms with E-state index in [1.54, 1.807) is 0 Å². The zero-order valence-corrected chi connectivity index (χ0v) is 13.4. The molecule has 7 heteroatoms. The Kier molecular flexibility index (Phi) is 4.83. The summed E-state index contributed by atoms with van der Waals surface area (Å²) in [6.07, 6.45) is 5.53. The van der Waals surface area contributed by atoms with Crippen LogP contribution < -0.4 is 5.32 Å². The zero-order chi connectivity index (χ0) is 16.3. The number of carbonyl (C=O) groups excluding carboxylic acids is 1. The van der Waals surface area contributed by atoms with E-state index in [4.69, 9.17) is 0 Å². The van der Waals surface area contributed by atoms with E-state index in [0.717, 1.165) is 25.7 Å². The lowest BCUT2D eigenvalue weighted by molar-refractivity contribution is -0.122. The van der Waals surface area contributed by atoms with Gasteiger partial charge >= 0.3 is 5.97 Å². The zero-order valence-electron chi connectivity index (χ0n) is 13.4. The van der Waals surface area contributed by atoms with Crippen LogP contribution in [0.25, 0.3) is 0 Å². The van der Waals surface area contributed by atoms with Gasteiger partial charge in [-0.1, -0.05) is 45.2 Å². The van der Waals surface area contributed by atoms with Gasteiger partial charge in [-0.05, 0) is 12.8 Å². The number of amides is 1. The standard InChI is InChI=1S/C15H24N4O3/c1-15(2,3)13-12(14(21)22)17-18-19(13)9-11(20)16-10-7-5-4-6-8-10/h10H,4-9H2,1-3H3,(H,16,20)(H,21,22). The predicted molar refractivity (Wildman–Crippen MR) is 80.7 cm³/mol. The molecule has 2 N–H and O–H groups in total. The largest absolute Gasteiger partial charge is 0.476 e. The molecule has 7 nitrogen and oxygen atoms in total. The molecule has 0 aliphatic heterocycles. The molecule has 1 fully saturated rings. The molecule has 1 aliphatic carbocycles. The molecule has 122 valence electrons. The highest BCUT2D eigenvalue weighted by molar-refractivity contribution is 5.87. The molecule has 0 radical (unpaired) electrons. The Morgan fingerprint density at radius 1 is 1.27 bits per heavy atom. The summed E-state index contributed by atoms with van der Waals surface area (Å²) in [4.78, 5) is 23.5. The number of carboxylic acids is 1. The van der Waals surface area contributed by atoms with Crippen molar-refractivity contribution in [3.63, 3.8) is 0 Å². The van der Waals surface area contributed by atoms with Crippen LogP contribution in [0.4, 0.5) is 0 Å². The molecule has 0 saturated heterocycles. The molecule has 1 amide bonds. The third kappa shape index (κ3) is 3.84. The fraction of sp³-hybridized carbons (Fsp3) is 0.733. The van der Waals surface area contributed by atoms with Gasteiger partial charge in [0.15, 0.2) is 5.69 Å². The second-order valence-electron chi connectivity index (χ2n) is 6.90. The summed E-state index contributed by atoms with van der Waals surface area (Å²) >= 11 is 0. The lowest BCUT2D eigenvalue weighted by atomic mass is 9.90. The quantitative estimate of drug-likeness (QED) is 0.882. The van der Waals surface area contributed by atoms with Gasteiger partial charge in [-0.3, -0.25) is 4.79 Å². The van der Waals surface area contributed by atoms with E-state index in [1.807, 2.05) is 20.8 Å². The van der Waals surface area contributed by atoms with Crippen LogP contribution in [0.5, 0.6) is 0 Å². The average molecular weight is 308 g/mol. The van der Waals surface area contributed by atoms with E-state index < -0.39 is 11.4 Å². The Bertz CT molecular complexity index is 554. The third-order valence-corrected chi connectivity index (χ3v) is 3.91. The van der Waals surface area contributed by atoms with Crippen molar-refractivity contribution in [3.8, 4) is 0 Å². The number of nitrogens with one attached hydrogen (secondary N) is 1. The first kappa shape index (κ1) is 16.5. The van der Waals surface area contributed by atoms with Gasteiger partial charge in [0.1, 0.15) is 6.54 Å². The number of hydrogen-bond acceptors (Lipinski definition) is 4. The maximum Gasteiger partial charge on any atom is 0.358 e. The van der Waals surface area contributed by atoms with Crippen LogP contribution in [-0.2, 0) is 16.8 Å². The Morgan fingerprint density at radius 3 is 2.45 bits per heavy atom. The minimum absolute atomic E-state index is 0.00336. The lowest BCUT2D eigenvalue weighted by Crippen LogP contribution is -2.39. The van der Waals surface area contributed by atoms with Gasteiger partial charge in [0.05, 0.1) is 5.69 Å². The number of carbonyl (C=O) groups is 2. The van der Waals surface area contributed by atoms with Crippen molar-refractivity contribution in [1.29, 1.82) is 0 Å². The van der Waals surface area contributed by atoms with Crippen LogP contribution >= 0.6 is 0 Å². The number of carboxylic acid groups (broad SMARTS) is 1. The van der Waals surface area contributed by atoms with Crippen LogP contribution in [0.1, 0.15) is 69.1 Å². The van der Waals surface area contributed by atoms with E-state index in [1.165, 1.54) is 11.1 Å². The SMILES string of the molecule is CC(C)(C)c1c(C(=O)O)nnn1CC(=O)NC1CCCCC1. The van der Waals surface area contributed by atoms with Crippen molar-refractivity contribution < 1.29 is 14.7 Å². The highest BCUT2D eigenvalue weighted by Crippen LogP contribution is 2.24. The average Bonchev–Trinajstić information content (AvgIpc) is 2.83. The van der Waals surface area contributed by atoms with E-state index in [9.17, 15) is 14.7 Å². The molecule has 1 saturated carbocycles. The number of nitrogens with zero attached hydrogens (tertiary/aromatic N) is 3. The number of aromatic carboxylic acids is 1. The van der Waals surface area contributed by atoms with Crippen molar-refractivity contribution in [2.75, 3.05) is 0 Å². The van der Waals surface area contributed by atoms with Gasteiger partial charge in [-0.15, -0.1) is 5.10 Å². The predicted octanol–water partition coefficient (Wildman–Crippen LogP) is 1.72. The van der Waals surface area contributed by atoms with E-state index in [-0.39, 0.29) is 24.2 Å². The highest BCUT2D eigenvalue weighted by atomic mass is 16.4. The van der Waals surface area contributed by atoms with Crippen LogP contribution in [0.3, 0.4) is 0 Å². The molecule has 1 aromatic heterocycles. The molecule has 0 bridgehead atoms. The number of hydrogen-bond donors (Lipinski definition) is 2. The monoisotopic (exact) mass is 308 g/mol. The fourth-order valence-corrected chi connectivity index (χ4v) is 2.97. The van der Waals surface area contributed by atoms with Crippen molar-refractivity contribution in [3.05, 3.63) is 11.4 Å². The summed E-state index contributed by atoms with van der Waals surface area (Å²) in [5.41, 5.74) is -0.0701. The van der Waals surface area contributed by atoms with E-state index in [2.05, 4.69) is 15.6 Å². The van der Waals surface area contributed by atoms with Crippen molar-refractivity contribution in [2.24, 2.45) is 0 Å². The first-order valence-electron chi connectivity index (χ1n) is 7.75. The summed E-state index contributed by atoms with van der Waals surface area (Å²) in [6, 6.07) is 0.224. The topological polar surface area (TPSA) is 97.1 Å². The normalized spacial score (nSPS) is 16.5. The second kappa shape index (κ2) is 6.46. The van der Waals surface area contributed by atoms with E-state index >= 15 is 0 Å². The lowest BCUT2D eigenvalue weighted by Gasteiger charge is -2.24. The smallest absolute Gasteiger partial charge is 0.358 e. The summed E-state index contributed by atoms with van der Waals surface area (Å²) in [5.74, 6) is -1.26. The van der Waals surface area contributed by atoms with E-state index in [0.29, 0.717) is 5.69 Å². The van der Waals surface area contributed by atoms with Crippen molar-refractivity contribution in [2.45, 2.75) is 70.9 Å². The molecule has 0 aromatic carbocycles. The first-order valence-corrected chi connectivity index (χ1v) is 7.75. The number of rotatable bonds is 4. The number of aromatic nitrogens is 3. The van der Waals surface area contributed by atoms with Crippen molar-refractivity contribution >= 4 is 11.9 Å². The molecule has 0 unspecified atom stereocenters. The van der Waals surface area contributed by atoms with Gasteiger partial charge < -0.3 is 10.4 Å². The Labute approximate surface area is 130 Å². The molecule has 1 heterocycles. The van der Waals surface area contributed by atoms with Gasteiger partial charge in [0.2, 0.25) is 5.91 Å². The van der Waals surface area contributed by atoms with Crippen LogP contribution in [0.2, 0.25) is 0 Å². The summed E-state index contributed by atoms with van der Waals surface area (Å²) in [6.45, 7) is 5.65. The van der Waals surface area contributed by atoms with Gasteiger partial charge in [0.25, 0.3) is 0 Å². The minimum atomic E-state index is -1.12. The molecular weight excluding hydrogens is 284 g/mol. The first-order chi connectivity index (χ1) is 10.3. The maximum atomic E-state index is 12.2. The molecule has 1 aromatic rings. The Hall–Kier alpha value is -1.92. The molecule has 1 aliphatic rings. The molecule has 22 heavy (non-hydrogen) atoms. The summed E-state index contributed by atoms with van der Waals surface area (Å²) in [5, 5.41) is 19.8. The van der Waals surface area contributed by atoms with Crippen molar-refractivity contribution in [1.82, 2.24) is 20.3 Å². The maximum absolute atomic E-state index is 12.2. The van der Waals surface area contributed by atoms with Crippen LogP contribution in [0, 0.1) is 0 Å². The molecule has 0 spiro atoms. The minimum Gasteiger partial charge on any atom is -0.476 e. The molecule has 0 atom stereocenters. The summed E-state index contributed by atoms with van der Waals surface area (Å²) < 4.78 is 1.40. The van der Waals surface area contributed by atoms with Crippen LogP contribution in [-0.4, -0.2) is 38.0 Å². The fourth-order valence-electron chi connectivity index (χ4n) is 2.97. The van der Waals surface area contributed by atoms with Gasteiger partial charge in [0, 0.05) is 11.5 Å². The molecular formula is C15H24N4O3. The van der Waals surface area contributed by atoms with Gasteiger partial charge in [-0.25, -0.2) is 9.48 Å². The highest BCUT2D eigenvalue weighted by Gasteiger charge is 2.29. The Morgan fingerprint density at radius 2 is 1.91 bits per heavy atom.